The summed E-state index contributed by atoms with van der Waals surface area (Å²) in [5, 5.41) is 2.36. The number of nitrogens with zero attached hydrogens (tertiary/aromatic N) is 2. The summed E-state index contributed by atoms with van der Waals surface area (Å²) in [5.41, 5.74) is 4.82. The van der Waals surface area contributed by atoms with Gasteiger partial charge >= 0.3 is 0 Å². The fraction of sp³-hybridized carbons (Fsp3) is 0.105. The second kappa shape index (κ2) is 5.11. The molecule has 0 amide bonds. The van der Waals surface area contributed by atoms with Gasteiger partial charge in [-0.25, -0.2) is 4.98 Å². The Morgan fingerprint density at radius 1 is 1.14 bits per heavy atom. The third-order valence-corrected chi connectivity index (χ3v) is 5.10. The number of para-hydroxylation sites is 2. The van der Waals surface area contributed by atoms with E-state index in [1.165, 1.54) is 26.9 Å². The average Bonchev–Trinajstić information content (AvgIpc) is 3.07. The number of allylic oxidation sites excluding steroid dienone is 1. The fourth-order valence-electron chi connectivity index (χ4n) is 3.04. The zero-order valence-electron chi connectivity index (χ0n) is 12.4. The van der Waals surface area contributed by atoms with Crippen LogP contribution in [0.25, 0.3) is 31.7 Å². The summed E-state index contributed by atoms with van der Waals surface area (Å²) in [6, 6.07) is 16.9. The highest BCUT2D eigenvalue weighted by molar-refractivity contribution is 7.21. The Morgan fingerprint density at radius 3 is 2.73 bits per heavy atom. The summed E-state index contributed by atoms with van der Waals surface area (Å²) >= 11 is 1.76. The van der Waals surface area contributed by atoms with Gasteiger partial charge in [0.1, 0.15) is 5.01 Å². The molecule has 0 saturated carbocycles. The Labute approximate surface area is 133 Å². The maximum absolute atomic E-state index is 4.85. The SMILES string of the molecule is C=CCn1c(C)c(-c2nc3ccccc3s2)c2ccccc21. The van der Waals surface area contributed by atoms with Crippen molar-refractivity contribution in [3.05, 3.63) is 66.9 Å². The van der Waals surface area contributed by atoms with E-state index in [1.807, 2.05) is 12.1 Å². The zero-order valence-corrected chi connectivity index (χ0v) is 13.2. The van der Waals surface area contributed by atoms with Crippen LogP contribution in [-0.2, 0) is 6.54 Å². The maximum Gasteiger partial charge on any atom is 0.127 e. The first-order chi connectivity index (χ1) is 10.8. The highest BCUT2D eigenvalue weighted by atomic mass is 32.1. The minimum absolute atomic E-state index is 0.817. The van der Waals surface area contributed by atoms with Crippen molar-refractivity contribution in [1.82, 2.24) is 9.55 Å². The molecule has 22 heavy (non-hydrogen) atoms. The number of hydrogen-bond acceptors (Lipinski definition) is 2. The molecule has 2 heterocycles. The van der Waals surface area contributed by atoms with Gasteiger partial charge in [-0.15, -0.1) is 17.9 Å². The first-order valence-electron chi connectivity index (χ1n) is 7.34. The molecule has 0 atom stereocenters. The number of aromatic nitrogens is 2. The number of thiazole rings is 1. The van der Waals surface area contributed by atoms with Crippen molar-refractivity contribution in [3.8, 4) is 10.6 Å². The Balaban J connectivity index is 2.05. The van der Waals surface area contributed by atoms with E-state index in [0.29, 0.717) is 0 Å². The molecule has 0 radical (unpaired) electrons. The summed E-state index contributed by atoms with van der Waals surface area (Å²) in [5.74, 6) is 0. The quantitative estimate of drug-likeness (QED) is 0.463. The molecule has 2 nitrogen and oxygen atoms in total. The van der Waals surface area contributed by atoms with Gasteiger partial charge in [0.2, 0.25) is 0 Å². The number of hydrogen-bond donors (Lipinski definition) is 0. The number of rotatable bonds is 3. The molecular weight excluding hydrogens is 288 g/mol. The van der Waals surface area contributed by atoms with Crippen LogP contribution in [0.3, 0.4) is 0 Å². The first kappa shape index (κ1) is 13.3. The highest BCUT2D eigenvalue weighted by Crippen LogP contribution is 2.38. The van der Waals surface area contributed by atoms with Crippen LogP contribution in [0.4, 0.5) is 0 Å². The van der Waals surface area contributed by atoms with E-state index < -0.39 is 0 Å². The van der Waals surface area contributed by atoms with Crippen LogP contribution in [0.5, 0.6) is 0 Å². The van der Waals surface area contributed by atoms with E-state index in [0.717, 1.165) is 17.1 Å². The molecule has 0 spiro atoms. The van der Waals surface area contributed by atoms with Crippen molar-refractivity contribution in [2.45, 2.75) is 13.5 Å². The average molecular weight is 304 g/mol. The molecule has 0 aliphatic heterocycles. The Bertz CT molecular complexity index is 958. The summed E-state index contributed by atoms with van der Waals surface area (Å²) in [6.07, 6.45) is 1.95. The molecule has 0 N–H and O–H groups in total. The molecule has 3 heteroatoms. The number of fused-ring (bicyclic) bond motifs is 2. The first-order valence-corrected chi connectivity index (χ1v) is 8.16. The molecule has 0 aliphatic carbocycles. The molecule has 0 fully saturated rings. The third-order valence-electron chi connectivity index (χ3n) is 4.05. The van der Waals surface area contributed by atoms with Crippen molar-refractivity contribution < 1.29 is 0 Å². The van der Waals surface area contributed by atoms with Crippen molar-refractivity contribution in [2.75, 3.05) is 0 Å². The van der Waals surface area contributed by atoms with Gasteiger partial charge in [0.15, 0.2) is 0 Å². The van der Waals surface area contributed by atoms with Gasteiger partial charge in [-0.2, -0.15) is 0 Å². The molecule has 108 valence electrons. The zero-order chi connectivity index (χ0) is 15.1. The molecule has 4 rings (SSSR count). The summed E-state index contributed by atoms with van der Waals surface area (Å²) < 4.78 is 3.54. The standard InChI is InChI=1S/C19H16N2S/c1-3-12-21-13(2)18(14-8-4-6-10-16(14)21)19-20-15-9-5-7-11-17(15)22-19/h3-11H,1,12H2,2H3. The Kier molecular flexibility index (Phi) is 3.09. The molecule has 4 aromatic rings. The summed E-state index contributed by atoms with van der Waals surface area (Å²) in [4.78, 5) is 4.85. The van der Waals surface area contributed by atoms with Crippen LogP contribution >= 0.6 is 11.3 Å². The molecule has 0 bridgehead atoms. The minimum atomic E-state index is 0.817. The smallest absolute Gasteiger partial charge is 0.127 e. The van der Waals surface area contributed by atoms with Crippen LogP contribution in [0, 0.1) is 6.92 Å². The third kappa shape index (κ3) is 1.90. The van der Waals surface area contributed by atoms with Gasteiger partial charge in [0.25, 0.3) is 0 Å². The molecule has 0 saturated heterocycles. The van der Waals surface area contributed by atoms with E-state index in [9.17, 15) is 0 Å². The summed E-state index contributed by atoms with van der Waals surface area (Å²) in [6.45, 7) is 6.88. The van der Waals surface area contributed by atoms with Crippen molar-refractivity contribution >= 4 is 32.5 Å². The highest BCUT2D eigenvalue weighted by Gasteiger charge is 2.17. The summed E-state index contributed by atoms with van der Waals surface area (Å²) in [7, 11) is 0. The van der Waals surface area contributed by atoms with Gasteiger partial charge in [0.05, 0.1) is 10.2 Å². The van der Waals surface area contributed by atoms with Gasteiger partial charge in [-0.1, -0.05) is 36.4 Å². The topological polar surface area (TPSA) is 17.8 Å². The molecule has 2 aromatic heterocycles. The molecule has 0 unspecified atom stereocenters. The van der Waals surface area contributed by atoms with Crippen LogP contribution in [-0.4, -0.2) is 9.55 Å². The molecule has 2 aromatic carbocycles. The van der Waals surface area contributed by atoms with Gasteiger partial charge in [0, 0.05) is 28.7 Å². The van der Waals surface area contributed by atoms with E-state index in [2.05, 4.69) is 60.5 Å². The fourth-order valence-corrected chi connectivity index (χ4v) is 4.12. The van der Waals surface area contributed by atoms with E-state index >= 15 is 0 Å². The number of benzene rings is 2. The lowest BCUT2D eigenvalue weighted by Crippen LogP contribution is -1.97. The lowest BCUT2D eigenvalue weighted by Gasteiger charge is -2.04. The second-order valence-corrected chi connectivity index (χ2v) is 6.39. The van der Waals surface area contributed by atoms with Gasteiger partial charge in [-0.05, 0) is 25.1 Å². The van der Waals surface area contributed by atoms with Crippen molar-refractivity contribution in [1.29, 1.82) is 0 Å². The predicted molar refractivity (Wildman–Crippen MR) is 95.5 cm³/mol. The maximum atomic E-state index is 4.85. The van der Waals surface area contributed by atoms with E-state index in [-0.39, 0.29) is 0 Å². The largest absolute Gasteiger partial charge is 0.340 e. The molecular formula is C19H16N2S. The normalized spacial score (nSPS) is 11.3. The van der Waals surface area contributed by atoms with Crippen LogP contribution in [0.2, 0.25) is 0 Å². The van der Waals surface area contributed by atoms with Gasteiger partial charge < -0.3 is 4.57 Å². The predicted octanol–water partition coefficient (Wildman–Crippen LogP) is 5.41. The Hall–Kier alpha value is -2.39. The lowest BCUT2D eigenvalue weighted by atomic mass is 10.1. The monoisotopic (exact) mass is 304 g/mol. The van der Waals surface area contributed by atoms with Crippen LogP contribution in [0.15, 0.2) is 61.2 Å². The van der Waals surface area contributed by atoms with Gasteiger partial charge in [-0.3, -0.25) is 0 Å². The van der Waals surface area contributed by atoms with E-state index in [1.54, 1.807) is 11.3 Å². The van der Waals surface area contributed by atoms with Crippen molar-refractivity contribution in [2.24, 2.45) is 0 Å². The molecule has 0 aliphatic rings. The second-order valence-electron chi connectivity index (χ2n) is 5.36. The van der Waals surface area contributed by atoms with E-state index in [4.69, 9.17) is 4.98 Å². The van der Waals surface area contributed by atoms with Crippen LogP contribution < -0.4 is 0 Å². The Morgan fingerprint density at radius 2 is 1.91 bits per heavy atom. The lowest BCUT2D eigenvalue weighted by molar-refractivity contribution is 0.830. The van der Waals surface area contributed by atoms with Crippen molar-refractivity contribution in [3.63, 3.8) is 0 Å². The minimum Gasteiger partial charge on any atom is -0.340 e. The van der Waals surface area contributed by atoms with Crippen LogP contribution in [0.1, 0.15) is 5.69 Å².